The van der Waals surface area contributed by atoms with E-state index in [0.717, 1.165) is 43.8 Å². The average molecular weight is 406 g/mol. The van der Waals surface area contributed by atoms with Gasteiger partial charge >= 0.3 is 6.18 Å². The van der Waals surface area contributed by atoms with Gasteiger partial charge in [0.05, 0.1) is 11.7 Å². The first kappa shape index (κ1) is 21.2. The summed E-state index contributed by atoms with van der Waals surface area (Å²) in [6.45, 7) is 1.88. The molecule has 2 aromatic carbocycles. The summed E-state index contributed by atoms with van der Waals surface area (Å²) < 4.78 is 43.1. The van der Waals surface area contributed by atoms with Gasteiger partial charge in [-0.15, -0.1) is 0 Å². The Kier molecular flexibility index (Phi) is 6.79. The first-order valence-corrected chi connectivity index (χ1v) is 9.69. The van der Waals surface area contributed by atoms with Gasteiger partial charge in [0.1, 0.15) is 0 Å². The van der Waals surface area contributed by atoms with Crippen LogP contribution in [0.15, 0.2) is 48.5 Å². The number of halogens is 3. The third-order valence-corrected chi connectivity index (χ3v) is 5.21. The highest BCUT2D eigenvalue weighted by molar-refractivity contribution is 5.91. The lowest BCUT2D eigenvalue weighted by atomic mass is 10.1. The Hall–Kier alpha value is -2.54. The molecular weight excluding hydrogens is 381 g/mol. The normalized spacial score (nSPS) is 15.4. The largest absolute Gasteiger partial charge is 0.416 e. The number of carbonyl (C=O) groups is 1. The molecule has 4 nitrogen and oxygen atoms in total. The zero-order valence-electron chi connectivity index (χ0n) is 16.3. The number of rotatable bonds is 6. The summed E-state index contributed by atoms with van der Waals surface area (Å²) in [6, 6.07) is 12.6. The number of nitrogens with zero attached hydrogens (tertiary/aromatic N) is 1. The summed E-state index contributed by atoms with van der Waals surface area (Å²) in [5.41, 5.74) is 1.83. The minimum atomic E-state index is -4.35. The smallest absolute Gasteiger partial charge is 0.381 e. The number of methoxy groups -OCH3 is 1. The van der Waals surface area contributed by atoms with Gasteiger partial charge in [0, 0.05) is 38.0 Å². The van der Waals surface area contributed by atoms with E-state index in [0.29, 0.717) is 23.8 Å². The van der Waals surface area contributed by atoms with Gasteiger partial charge in [0.15, 0.2) is 0 Å². The van der Waals surface area contributed by atoms with Crippen LogP contribution < -0.4 is 10.2 Å². The monoisotopic (exact) mass is 406 g/mol. The number of amides is 1. The Morgan fingerprint density at radius 2 is 1.69 bits per heavy atom. The Morgan fingerprint density at radius 1 is 1.07 bits per heavy atom. The second-order valence-corrected chi connectivity index (χ2v) is 7.21. The van der Waals surface area contributed by atoms with E-state index in [9.17, 15) is 18.0 Å². The van der Waals surface area contributed by atoms with Crippen molar-refractivity contribution >= 4 is 17.3 Å². The Labute approximate surface area is 168 Å². The highest BCUT2D eigenvalue weighted by Crippen LogP contribution is 2.29. The Bertz CT molecular complexity index is 796. The lowest BCUT2D eigenvalue weighted by molar-refractivity contribution is -0.137. The summed E-state index contributed by atoms with van der Waals surface area (Å²) >= 11 is 0. The summed E-state index contributed by atoms with van der Waals surface area (Å²) in [6.07, 6.45) is -1.43. The fraction of sp³-hybridized carbons (Fsp3) is 0.409. The summed E-state index contributed by atoms with van der Waals surface area (Å²) in [4.78, 5) is 14.4. The minimum absolute atomic E-state index is 0.168. The molecule has 7 heteroatoms. The van der Waals surface area contributed by atoms with Crippen molar-refractivity contribution < 1.29 is 22.7 Å². The van der Waals surface area contributed by atoms with Crippen LogP contribution >= 0.6 is 0 Å². The third kappa shape index (κ3) is 5.97. The molecule has 1 aliphatic heterocycles. The fourth-order valence-corrected chi connectivity index (χ4v) is 3.45. The van der Waals surface area contributed by atoms with Gasteiger partial charge in [-0.2, -0.15) is 13.2 Å². The van der Waals surface area contributed by atoms with Crippen LogP contribution in [0.1, 0.15) is 30.4 Å². The van der Waals surface area contributed by atoms with Crippen molar-refractivity contribution in [2.45, 2.75) is 38.0 Å². The highest BCUT2D eigenvalue weighted by atomic mass is 19.4. The van der Waals surface area contributed by atoms with Gasteiger partial charge in [-0.3, -0.25) is 4.79 Å². The van der Waals surface area contributed by atoms with Crippen LogP contribution in [0.4, 0.5) is 24.5 Å². The van der Waals surface area contributed by atoms with Crippen LogP contribution in [-0.2, 0) is 22.1 Å². The molecule has 1 fully saturated rings. The first-order chi connectivity index (χ1) is 13.8. The molecule has 0 spiro atoms. The molecule has 0 aliphatic carbocycles. The number of anilines is 2. The van der Waals surface area contributed by atoms with Gasteiger partial charge in [0.2, 0.25) is 5.91 Å². The van der Waals surface area contributed by atoms with E-state index in [4.69, 9.17) is 4.74 Å². The van der Waals surface area contributed by atoms with Crippen LogP contribution in [0.5, 0.6) is 0 Å². The number of nitrogens with one attached hydrogen (secondary N) is 1. The molecule has 0 radical (unpaired) electrons. The minimum Gasteiger partial charge on any atom is -0.381 e. The van der Waals surface area contributed by atoms with E-state index < -0.39 is 11.7 Å². The molecule has 1 N–H and O–H groups in total. The SMILES string of the molecule is COC1CCN(c2ccc(NC(=O)CCc3ccc(C(F)(F)F)cc3)cc2)CC1. The van der Waals surface area contributed by atoms with Crippen LogP contribution in [-0.4, -0.2) is 32.2 Å². The van der Waals surface area contributed by atoms with Crippen molar-refractivity contribution in [1.29, 1.82) is 0 Å². The van der Waals surface area contributed by atoms with Gasteiger partial charge in [-0.05, 0) is 61.2 Å². The molecular formula is C22H25F3N2O2. The number of piperidine rings is 1. The van der Waals surface area contributed by atoms with Crippen LogP contribution in [0.3, 0.4) is 0 Å². The molecule has 0 saturated carbocycles. The van der Waals surface area contributed by atoms with Gasteiger partial charge < -0.3 is 15.0 Å². The van der Waals surface area contributed by atoms with Crippen molar-refractivity contribution in [3.8, 4) is 0 Å². The van der Waals surface area contributed by atoms with Crippen LogP contribution in [0.2, 0.25) is 0 Å². The third-order valence-electron chi connectivity index (χ3n) is 5.21. The molecule has 0 unspecified atom stereocenters. The maximum absolute atomic E-state index is 12.6. The average Bonchev–Trinajstić information content (AvgIpc) is 2.72. The van der Waals surface area contributed by atoms with E-state index in [-0.39, 0.29) is 12.3 Å². The standard InChI is InChI=1S/C22H25F3N2O2/c1-29-20-12-14-27(15-13-20)19-9-7-18(8-10-19)26-21(28)11-4-16-2-5-17(6-3-16)22(23,24)25/h2-3,5-10,20H,4,11-15H2,1H3,(H,26,28). The molecule has 1 saturated heterocycles. The molecule has 2 aromatic rings. The van der Waals surface area contributed by atoms with Gasteiger partial charge in [0.25, 0.3) is 0 Å². The molecule has 156 valence electrons. The van der Waals surface area contributed by atoms with Crippen LogP contribution in [0.25, 0.3) is 0 Å². The summed E-state index contributed by atoms with van der Waals surface area (Å²) in [5.74, 6) is -0.168. The number of ether oxygens (including phenoxy) is 1. The lowest BCUT2D eigenvalue weighted by Crippen LogP contribution is -2.36. The molecule has 1 amide bonds. The molecule has 0 aromatic heterocycles. The van der Waals surface area contributed by atoms with E-state index in [1.165, 1.54) is 12.1 Å². The van der Waals surface area contributed by atoms with Crippen molar-refractivity contribution in [1.82, 2.24) is 0 Å². The van der Waals surface area contributed by atoms with Crippen molar-refractivity contribution in [3.63, 3.8) is 0 Å². The number of hydrogen-bond donors (Lipinski definition) is 1. The van der Waals surface area contributed by atoms with E-state index in [2.05, 4.69) is 10.2 Å². The molecule has 29 heavy (non-hydrogen) atoms. The van der Waals surface area contributed by atoms with E-state index >= 15 is 0 Å². The molecule has 0 bridgehead atoms. The molecule has 0 atom stereocenters. The highest BCUT2D eigenvalue weighted by Gasteiger charge is 2.29. The molecule has 3 rings (SSSR count). The van der Waals surface area contributed by atoms with Gasteiger partial charge in [-0.1, -0.05) is 12.1 Å². The Morgan fingerprint density at radius 3 is 2.24 bits per heavy atom. The number of carbonyl (C=O) groups excluding carboxylic acids is 1. The quantitative estimate of drug-likeness (QED) is 0.743. The van der Waals surface area contributed by atoms with E-state index in [1.54, 1.807) is 7.11 Å². The zero-order chi connectivity index (χ0) is 20.9. The number of alkyl halides is 3. The van der Waals surface area contributed by atoms with Crippen molar-refractivity contribution in [3.05, 3.63) is 59.7 Å². The number of hydrogen-bond acceptors (Lipinski definition) is 3. The van der Waals surface area contributed by atoms with Gasteiger partial charge in [-0.25, -0.2) is 0 Å². The van der Waals surface area contributed by atoms with Crippen molar-refractivity contribution in [2.24, 2.45) is 0 Å². The Balaban J connectivity index is 1.47. The number of aryl methyl sites for hydroxylation is 1. The van der Waals surface area contributed by atoms with Crippen LogP contribution in [0, 0.1) is 0 Å². The lowest BCUT2D eigenvalue weighted by Gasteiger charge is -2.33. The molecule has 1 heterocycles. The topological polar surface area (TPSA) is 41.6 Å². The maximum atomic E-state index is 12.6. The summed E-state index contributed by atoms with van der Waals surface area (Å²) in [7, 11) is 1.75. The fourth-order valence-electron chi connectivity index (χ4n) is 3.45. The van der Waals surface area contributed by atoms with Crippen molar-refractivity contribution in [2.75, 3.05) is 30.4 Å². The number of benzene rings is 2. The predicted molar refractivity (Wildman–Crippen MR) is 107 cm³/mol. The zero-order valence-corrected chi connectivity index (χ0v) is 16.3. The predicted octanol–water partition coefficient (Wildman–Crippen LogP) is 4.89. The summed E-state index contributed by atoms with van der Waals surface area (Å²) in [5, 5.41) is 2.84. The molecule has 1 aliphatic rings. The maximum Gasteiger partial charge on any atom is 0.416 e. The second kappa shape index (κ2) is 9.31. The first-order valence-electron chi connectivity index (χ1n) is 9.69. The van der Waals surface area contributed by atoms with E-state index in [1.807, 2.05) is 24.3 Å². The second-order valence-electron chi connectivity index (χ2n) is 7.21.